The summed E-state index contributed by atoms with van der Waals surface area (Å²) in [6.45, 7) is 8.42. The van der Waals surface area contributed by atoms with Gasteiger partial charge in [0.05, 0.1) is 6.04 Å². The van der Waals surface area contributed by atoms with Crippen LogP contribution in [0, 0.1) is 5.41 Å². The molecule has 1 aliphatic heterocycles. The molecule has 0 bridgehead atoms. The molecule has 17 heavy (non-hydrogen) atoms. The van der Waals surface area contributed by atoms with Crippen molar-refractivity contribution in [1.82, 2.24) is 10.1 Å². The van der Waals surface area contributed by atoms with Crippen LogP contribution in [0.5, 0.6) is 0 Å². The molecule has 6 heteroatoms. The first kappa shape index (κ1) is 14.3. The maximum atomic E-state index is 5.68. The second-order valence-corrected chi connectivity index (χ2v) is 5.37. The molecule has 0 saturated carbocycles. The van der Waals surface area contributed by atoms with Gasteiger partial charge in [0, 0.05) is 13.1 Å². The SMILES string of the molecule is C[C@H](N)c1nc(N2CCC(C)(C)CC2)no1.Cl. The Balaban J connectivity index is 0.00000144. The number of rotatable bonds is 2. The summed E-state index contributed by atoms with van der Waals surface area (Å²) in [6.07, 6.45) is 2.32. The number of hydrogen-bond donors (Lipinski definition) is 1. The standard InChI is InChI=1S/C11H20N4O.ClH/c1-8(12)9-13-10(14-16-9)15-6-4-11(2,3)5-7-15;/h8H,4-7,12H2,1-3H3;1H/t8-;/m0./s1. The van der Waals surface area contributed by atoms with E-state index in [1.54, 1.807) is 0 Å². The van der Waals surface area contributed by atoms with Crippen molar-refractivity contribution in [2.75, 3.05) is 18.0 Å². The molecule has 2 N–H and O–H groups in total. The maximum Gasteiger partial charge on any atom is 0.266 e. The lowest BCUT2D eigenvalue weighted by Crippen LogP contribution is -2.37. The summed E-state index contributed by atoms with van der Waals surface area (Å²) in [5.74, 6) is 1.20. The third kappa shape index (κ3) is 3.33. The summed E-state index contributed by atoms with van der Waals surface area (Å²) in [6, 6.07) is -0.192. The van der Waals surface area contributed by atoms with E-state index in [0.29, 0.717) is 17.3 Å². The Morgan fingerprint density at radius 1 is 1.35 bits per heavy atom. The number of halogens is 1. The van der Waals surface area contributed by atoms with Gasteiger partial charge in [0.2, 0.25) is 5.89 Å². The van der Waals surface area contributed by atoms with Gasteiger partial charge in [-0.3, -0.25) is 0 Å². The van der Waals surface area contributed by atoms with Crippen LogP contribution in [-0.4, -0.2) is 23.2 Å². The van der Waals surface area contributed by atoms with E-state index in [1.165, 1.54) is 0 Å². The molecule has 0 amide bonds. The van der Waals surface area contributed by atoms with Gasteiger partial charge in [-0.2, -0.15) is 4.98 Å². The van der Waals surface area contributed by atoms with E-state index in [0.717, 1.165) is 25.9 Å². The number of aromatic nitrogens is 2. The second-order valence-electron chi connectivity index (χ2n) is 5.37. The average Bonchev–Trinajstić information content (AvgIpc) is 2.66. The topological polar surface area (TPSA) is 68.2 Å². The third-order valence-corrected chi connectivity index (χ3v) is 3.22. The monoisotopic (exact) mass is 260 g/mol. The van der Waals surface area contributed by atoms with Crippen LogP contribution < -0.4 is 10.6 Å². The van der Waals surface area contributed by atoms with Crippen LogP contribution in [0.15, 0.2) is 4.52 Å². The fourth-order valence-corrected chi connectivity index (χ4v) is 1.85. The van der Waals surface area contributed by atoms with Crippen LogP contribution in [0.2, 0.25) is 0 Å². The van der Waals surface area contributed by atoms with Crippen molar-refractivity contribution in [3.8, 4) is 0 Å². The zero-order chi connectivity index (χ0) is 11.8. The molecule has 0 spiro atoms. The van der Waals surface area contributed by atoms with Crippen molar-refractivity contribution < 1.29 is 4.52 Å². The molecular formula is C11H21ClN4O. The highest BCUT2D eigenvalue weighted by Crippen LogP contribution is 2.31. The van der Waals surface area contributed by atoms with Crippen LogP contribution in [0.25, 0.3) is 0 Å². The van der Waals surface area contributed by atoms with Crippen LogP contribution >= 0.6 is 12.4 Å². The number of hydrogen-bond acceptors (Lipinski definition) is 5. The molecule has 0 aliphatic carbocycles. The number of nitrogens with zero attached hydrogens (tertiary/aromatic N) is 3. The molecule has 2 rings (SSSR count). The van der Waals surface area contributed by atoms with Crippen molar-refractivity contribution in [3.63, 3.8) is 0 Å². The Labute approximate surface area is 108 Å². The molecule has 2 heterocycles. The maximum absolute atomic E-state index is 5.68. The van der Waals surface area contributed by atoms with Gasteiger partial charge in [0.1, 0.15) is 0 Å². The summed E-state index contributed by atoms with van der Waals surface area (Å²) < 4.78 is 5.10. The quantitative estimate of drug-likeness (QED) is 0.882. The molecule has 1 aliphatic rings. The van der Waals surface area contributed by atoms with Crippen molar-refractivity contribution in [2.45, 2.75) is 39.7 Å². The van der Waals surface area contributed by atoms with Crippen LogP contribution in [0.1, 0.15) is 45.5 Å². The van der Waals surface area contributed by atoms with Gasteiger partial charge in [-0.25, -0.2) is 0 Å². The molecule has 1 saturated heterocycles. The summed E-state index contributed by atoms with van der Waals surface area (Å²) in [5, 5.41) is 3.97. The van der Waals surface area contributed by atoms with Gasteiger partial charge in [0.25, 0.3) is 5.95 Å². The molecule has 0 unspecified atom stereocenters. The lowest BCUT2D eigenvalue weighted by molar-refractivity contribution is 0.276. The number of piperidine rings is 1. The van der Waals surface area contributed by atoms with E-state index in [-0.39, 0.29) is 18.4 Å². The smallest absolute Gasteiger partial charge is 0.266 e. The Bertz CT molecular complexity index is 354. The van der Waals surface area contributed by atoms with Crippen molar-refractivity contribution >= 4 is 18.4 Å². The summed E-state index contributed by atoms with van der Waals surface area (Å²) in [5.41, 5.74) is 6.12. The van der Waals surface area contributed by atoms with Crippen LogP contribution in [0.4, 0.5) is 5.95 Å². The van der Waals surface area contributed by atoms with E-state index in [1.807, 2.05) is 6.92 Å². The molecule has 1 aromatic rings. The highest BCUT2D eigenvalue weighted by Gasteiger charge is 2.27. The Kier molecular flexibility index (Phi) is 4.38. The fraction of sp³-hybridized carbons (Fsp3) is 0.818. The lowest BCUT2D eigenvalue weighted by atomic mass is 9.83. The summed E-state index contributed by atoms with van der Waals surface area (Å²) in [4.78, 5) is 6.47. The molecule has 0 aromatic carbocycles. The van der Waals surface area contributed by atoms with Gasteiger partial charge < -0.3 is 15.2 Å². The van der Waals surface area contributed by atoms with Gasteiger partial charge in [-0.05, 0) is 30.3 Å². The minimum absolute atomic E-state index is 0. The van der Waals surface area contributed by atoms with E-state index in [2.05, 4.69) is 28.9 Å². The first-order chi connectivity index (χ1) is 7.48. The van der Waals surface area contributed by atoms with Crippen LogP contribution in [0.3, 0.4) is 0 Å². The highest BCUT2D eigenvalue weighted by molar-refractivity contribution is 5.85. The average molecular weight is 261 g/mol. The predicted molar refractivity (Wildman–Crippen MR) is 69.4 cm³/mol. The van der Waals surface area contributed by atoms with Gasteiger partial charge in [0.15, 0.2) is 0 Å². The predicted octanol–water partition coefficient (Wildman–Crippen LogP) is 2.14. The largest absolute Gasteiger partial charge is 0.338 e. The van der Waals surface area contributed by atoms with E-state index in [4.69, 9.17) is 10.3 Å². The van der Waals surface area contributed by atoms with Gasteiger partial charge >= 0.3 is 0 Å². The second kappa shape index (κ2) is 5.23. The third-order valence-electron chi connectivity index (χ3n) is 3.22. The summed E-state index contributed by atoms with van der Waals surface area (Å²) in [7, 11) is 0. The zero-order valence-electron chi connectivity index (χ0n) is 10.6. The molecule has 1 aromatic heterocycles. The van der Waals surface area contributed by atoms with Gasteiger partial charge in [-0.15, -0.1) is 12.4 Å². The van der Waals surface area contributed by atoms with E-state index < -0.39 is 0 Å². The van der Waals surface area contributed by atoms with Gasteiger partial charge in [-0.1, -0.05) is 13.8 Å². The minimum atomic E-state index is -0.192. The van der Waals surface area contributed by atoms with E-state index >= 15 is 0 Å². The molecular weight excluding hydrogens is 240 g/mol. The first-order valence-electron chi connectivity index (χ1n) is 5.82. The molecule has 1 fully saturated rings. The molecule has 98 valence electrons. The van der Waals surface area contributed by atoms with E-state index in [9.17, 15) is 0 Å². The van der Waals surface area contributed by atoms with Crippen molar-refractivity contribution in [1.29, 1.82) is 0 Å². The number of anilines is 1. The van der Waals surface area contributed by atoms with Crippen LogP contribution in [-0.2, 0) is 0 Å². The van der Waals surface area contributed by atoms with Crippen molar-refractivity contribution in [2.24, 2.45) is 11.1 Å². The molecule has 1 atom stereocenters. The zero-order valence-corrected chi connectivity index (χ0v) is 11.5. The Hall–Kier alpha value is -0.810. The highest BCUT2D eigenvalue weighted by atomic mass is 35.5. The number of nitrogens with two attached hydrogens (primary N) is 1. The Morgan fingerprint density at radius 3 is 2.41 bits per heavy atom. The molecule has 0 radical (unpaired) electrons. The first-order valence-corrected chi connectivity index (χ1v) is 5.82. The Morgan fingerprint density at radius 2 is 1.94 bits per heavy atom. The fourth-order valence-electron chi connectivity index (χ4n) is 1.85. The van der Waals surface area contributed by atoms with Crippen molar-refractivity contribution in [3.05, 3.63) is 5.89 Å². The molecule has 5 nitrogen and oxygen atoms in total. The minimum Gasteiger partial charge on any atom is -0.338 e. The normalized spacial score (nSPS) is 20.8. The summed E-state index contributed by atoms with van der Waals surface area (Å²) >= 11 is 0. The lowest BCUT2D eigenvalue weighted by Gasteiger charge is -2.36.